The van der Waals surface area contributed by atoms with Crippen molar-refractivity contribution in [2.24, 2.45) is 0 Å². The summed E-state index contributed by atoms with van der Waals surface area (Å²) in [5.41, 5.74) is 2.93. The quantitative estimate of drug-likeness (QED) is 0.507. The summed E-state index contributed by atoms with van der Waals surface area (Å²) < 4.78 is 21.7. The van der Waals surface area contributed by atoms with Gasteiger partial charge in [-0.15, -0.1) is 11.8 Å². The van der Waals surface area contributed by atoms with E-state index in [0.29, 0.717) is 66.3 Å². The molecule has 0 aliphatic carbocycles. The smallest absolute Gasteiger partial charge is 0.414 e. The molecule has 2 atom stereocenters. The average molecular weight is 496 g/mol. The van der Waals surface area contributed by atoms with Crippen LogP contribution in [0.4, 0.5) is 20.6 Å². The zero-order chi connectivity index (χ0) is 24.1. The second-order valence-electron chi connectivity index (χ2n) is 8.86. The Morgan fingerprint density at radius 3 is 2.97 bits per heavy atom. The first kappa shape index (κ1) is 22.1. The van der Waals surface area contributed by atoms with E-state index in [1.807, 2.05) is 12.1 Å². The summed E-state index contributed by atoms with van der Waals surface area (Å²) in [4.78, 5) is 43.1. The van der Waals surface area contributed by atoms with Crippen LogP contribution in [0.15, 0.2) is 46.2 Å². The van der Waals surface area contributed by atoms with Crippen LogP contribution in [0.25, 0.3) is 11.0 Å². The van der Waals surface area contributed by atoms with Crippen molar-refractivity contribution < 1.29 is 18.7 Å². The van der Waals surface area contributed by atoms with E-state index in [2.05, 4.69) is 15.6 Å². The first-order valence-electron chi connectivity index (χ1n) is 11.4. The van der Waals surface area contributed by atoms with Gasteiger partial charge in [0.05, 0.1) is 35.2 Å². The summed E-state index contributed by atoms with van der Waals surface area (Å²) in [5, 5.41) is 6.17. The number of fused-ring (bicyclic) bond motifs is 1. The van der Waals surface area contributed by atoms with Crippen molar-refractivity contribution in [2.45, 2.75) is 29.9 Å². The zero-order valence-corrected chi connectivity index (χ0v) is 19.4. The number of ether oxygens (including phenoxy) is 1. The highest BCUT2D eigenvalue weighted by Gasteiger charge is 2.33. The summed E-state index contributed by atoms with van der Waals surface area (Å²) in [6, 6.07) is 8.64. The van der Waals surface area contributed by atoms with Gasteiger partial charge in [-0.1, -0.05) is 0 Å². The number of rotatable bonds is 6. The van der Waals surface area contributed by atoms with Gasteiger partial charge >= 0.3 is 6.09 Å². The fraction of sp³-hybridized carbons (Fsp3) is 0.333. The normalized spacial score (nSPS) is 20.8. The lowest BCUT2D eigenvalue weighted by atomic mass is 10.0. The number of hydrogen-bond donors (Lipinski definition) is 2. The van der Waals surface area contributed by atoms with Gasteiger partial charge in [0.15, 0.2) is 0 Å². The van der Waals surface area contributed by atoms with Crippen LogP contribution in [-0.4, -0.2) is 53.0 Å². The monoisotopic (exact) mass is 495 g/mol. The molecule has 0 spiro atoms. The molecule has 1 fully saturated rings. The van der Waals surface area contributed by atoms with Gasteiger partial charge in [0, 0.05) is 41.2 Å². The van der Waals surface area contributed by atoms with Crippen molar-refractivity contribution in [3.8, 4) is 0 Å². The number of anilines is 2. The van der Waals surface area contributed by atoms with Gasteiger partial charge < -0.3 is 19.9 Å². The second-order valence-corrected chi connectivity index (χ2v) is 9.88. The Hall–Kier alpha value is -3.44. The number of halogens is 1. The molecule has 2 amide bonds. The molecule has 0 bridgehead atoms. The Morgan fingerprint density at radius 2 is 2.09 bits per heavy atom. The minimum Gasteiger partial charge on any atom is -0.444 e. The lowest BCUT2D eigenvalue weighted by Crippen LogP contribution is -2.29. The molecule has 9 nitrogen and oxygen atoms in total. The fourth-order valence-electron chi connectivity index (χ4n) is 4.97. The molecule has 2 N–H and O–H groups in total. The van der Waals surface area contributed by atoms with Crippen molar-refractivity contribution in [3.05, 3.63) is 58.3 Å². The van der Waals surface area contributed by atoms with Gasteiger partial charge in [-0.05, 0) is 37.2 Å². The number of pyridine rings is 2. The van der Waals surface area contributed by atoms with Gasteiger partial charge in [-0.3, -0.25) is 19.5 Å². The number of thioether (sulfide) groups is 1. The molecule has 11 heteroatoms. The highest BCUT2D eigenvalue weighted by molar-refractivity contribution is 8.00. The third kappa shape index (κ3) is 3.94. The maximum Gasteiger partial charge on any atom is 0.414 e. The van der Waals surface area contributed by atoms with E-state index >= 15 is 0 Å². The van der Waals surface area contributed by atoms with Crippen LogP contribution in [0.3, 0.4) is 0 Å². The van der Waals surface area contributed by atoms with Crippen LogP contribution < -0.4 is 21.1 Å². The second kappa shape index (κ2) is 8.65. The number of nitrogens with zero attached hydrogens (tertiary/aromatic N) is 3. The Kier molecular flexibility index (Phi) is 5.45. The predicted molar refractivity (Wildman–Crippen MR) is 130 cm³/mol. The SMILES string of the molecule is O=C1CSc2ccc(N3C[C@@H](CCNCC4Cn5c(=O)ccc6ncc(F)c4c65)OC3=O)cc2N1. The number of hydrogen-bond acceptors (Lipinski definition) is 7. The number of nitrogens with one attached hydrogen (secondary N) is 2. The molecular formula is C24H22FN5O4S. The van der Waals surface area contributed by atoms with Gasteiger partial charge in [0.1, 0.15) is 11.9 Å². The molecule has 35 heavy (non-hydrogen) atoms. The molecule has 1 unspecified atom stereocenters. The summed E-state index contributed by atoms with van der Waals surface area (Å²) in [7, 11) is 0. The maximum absolute atomic E-state index is 14.6. The highest BCUT2D eigenvalue weighted by atomic mass is 32.2. The number of amides is 2. The van der Waals surface area contributed by atoms with E-state index in [0.717, 1.165) is 4.90 Å². The highest BCUT2D eigenvalue weighted by Crippen LogP contribution is 2.36. The third-order valence-electron chi connectivity index (χ3n) is 6.62. The fourth-order valence-corrected chi connectivity index (χ4v) is 5.76. The van der Waals surface area contributed by atoms with Crippen molar-refractivity contribution in [1.82, 2.24) is 14.9 Å². The molecule has 6 rings (SSSR count). The molecule has 1 saturated heterocycles. The van der Waals surface area contributed by atoms with E-state index in [1.165, 1.54) is 24.0 Å². The largest absolute Gasteiger partial charge is 0.444 e. The first-order chi connectivity index (χ1) is 17.0. The summed E-state index contributed by atoms with van der Waals surface area (Å²) in [5.74, 6) is -0.256. The molecule has 3 aliphatic rings. The minimum atomic E-state index is -0.420. The molecule has 3 aliphatic heterocycles. The Bertz CT molecular complexity index is 1430. The number of carbonyl (C=O) groups is 2. The van der Waals surface area contributed by atoms with Crippen LogP contribution in [0.5, 0.6) is 0 Å². The first-order valence-corrected chi connectivity index (χ1v) is 12.4. The third-order valence-corrected chi connectivity index (χ3v) is 7.69. The summed E-state index contributed by atoms with van der Waals surface area (Å²) >= 11 is 1.47. The number of cyclic esters (lactones) is 1. The Morgan fingerprint density at radius 1 is 1.20 bits per heavy atom. The molecule has 1 aromatic carbocycles. The molecule has 5 heterocycles. The average Bonchev–Trinajstić information content (AvgIpc) is 3.42. The molecule has 0 saturated carbocycles. The van der Waals surface area contributed by atoms with Crippen molar-refractivity contribution in [1.29, 1.82) is 0 Å². The van der Waals surface area contributed by atoms with Crippen LogP contribution in [0, 0.1) is 5.82 Å². The summed E-state index contributed by atoms with van der Waals surface area (Å²) in [6.07, 6.45) is 1.09. The lowest BCUT2D eigenvalue weighted by Gasteiger charge is -2.20. The lowest BCUT2D eigenvalue weighted by molar-refractivity contribution is -0.113. The molecule has 3 aromatic rings. The van der Waals surface area contributed by atoms with Gasteiger partial charge in [-0.2, -0.15) is 0 Å². The number of benzene rings is 1. The Balaban J connectivity index is 1.06. The van der Waals surface area contributed by atoms with E-state index < -0.39 is 11.9 Å². The maximum atomic E-state index is 14.6. The van der Waals surface area contributed by atoms with Gasteiger partial charge in [-0.25, -0.2) is 9.18 Å². The van der Waals surface area contributed by atoms with Crippen LogP contribution in [0.2, 0.25) is 0 Å². The number of carbonyl (C=O) groups excluding carboxylic acids is 2. The van der Waals surface area contributed by atoms with Crippen molar-refractivity contribution in [2.75, 3.05) is 35.6 Å². The van der Waals surface area contributed by atoms with E-state index in [-0.39, 0.29) is 23.5 Å². The van der Waals surface area contributed by atoms with Gasteiger partial charge in [0.25, 0.3) is 5.56 Å². The molecular weight excluding hydrogens is 473 g/mol. The number of aromatic nitrogens is 2. The zero-order valence-electron chi connectivity index (χ0n) is 18.6. The predicted octanol–water partition coefficient (Wildman–Crippen LogP) is 2.68. The standard InChI is InChI=1S/C24H22FN5O4S/c25-16-9-27-17-2-4-21(32)30-10-13(22(16)23(17)30)8-26-6-5-15-11-29(24(33)34-15)14-1-3-19-18(7-14)28-20(31)12-35-19/h1-4,7,9,13,15,26H,5-6,8,10-12H2,(H,28,31)/t13?,15-/m1/s1. The summed E-state index contributed by atoms with van der Waals surface area (Å²) in [6.45, 7) is 1.87. The van der Waals surface area contributed by atoms with Crippen LogP contribution >= 0.6 is 11.8 Å². The van der Waals surface area contributed by atoms with E-state index in [4.69, 9.17) is 4.74 Å². The van der Waals surface area contributed by atoms with Crippen molar-refractivity contribution in [3.63, 3.8) is 0 Å². The molecule has 180 valence electrons. The van der Waals surface area contributed by atoms with Crippen LogP contribution in [0.1, 0.15) is 17.9 Å². The van der Waals surface area contributed by atoms with Gasteiger partial charge in [0.2, 0.25) is 5.91 Å². The van der Waals surface area contributed by atoms with E-state index in [9.17, 15) is 18.8 Å². The minimum absolute atomic E-state index is 0.0600. The van der Waals surface area contributed by atoms with Crippen LogP contribution in [-0.2, 0) is 16.1 Å². The topological polar surface area (TPSA) is 106 Å². The van der Waals surface area contributed by atoms with E-state index in [1.54, 1.807) is 21.6 Å². The molecule has 2 aromatic heterocycles. The Labute approximate surface area is 203 Å². The molecule has 0 radical (unpaired) electrons. The van der Waals surface area contributed by atoms with Crippen molar-refractivity contribution >= 4 is 46.2 Å².